The van der Waals surface area contributed by atoms with Gasteiger partial charge < -0.3 is 9.64 Å². The lowest BCUT2D eigenvalue weighted by Gasteiger charge is -2.34. The van der Waals surface area contributed by atoms with Crippen LogP contribution in [0.25, 0.3) is 0 Å². The number of hydrogen-bond acceptors (Lipinski definition) is 5. The standard InChI is InChI=1S/C15H18N2O4S/c18-15(10-3-1-4-10)21-11-6-7-12-13(9-11)22(19,20)16-14-5-2-8-17(12)14/h6-7,9-10,14,16H,1-5,8H2. The predicted molar refractivity (Wildman–Crippen MR) is 80.1 cm³/mol. The summed E-state index contributed by atoms with van der Waals surface area (Å²) in [5.41, 5.74) is 0.699. The zero-order chi connectivity index (χ0) is 15.3. The van der Waals surface area contributed by atoms with E-state index >= 15 is 0 Å². The minimum Gasteiger partial charge on any atom is -0.426 e. The van der Waals surface area contributed by atoms with Gasteiger partial charge in [0.1, 0.15) is 10.6 Å². The number of hydrogen-bond donors (Lipinski definition) is 1. The number of anilines is 1. The fraction of sp³-hybridized carbons (Fsp3) is 0.533. The molecule has 0 radical (unpaired) electrons. The minimum atomic E-state index is -3.55. The summed E-state index contributed by atoms with van der Waals surface area (Å²) < 4.78 is 32.8. The predicted octanol–water partition coefficient (Wildman–Crippen LogP) is 1.61. The van der Waals surface area contributed by atoms with Gasteiger partial charge in [0.05, 0.1) is 17.8 Å². The van der Waals surface area contributed by atoms with E-state index in [1.807, 2.05) is 0 Å². The number of ether oxygens (including phenoxy) is 1. The van der Waals surface area contributed by atoms with Crippen LogP contribution in [0.4, 0.5) is 5.69 Å². The van der Waals surface area contributed by atoms with Crippen molar-refractivity contribution in [1.82, 2.24) is 4.72 Å². The average molecular weight is 322 g/mol. The van der Waals surface area contributed by atoms with Crippen molar-refractivity contribution in [3.63, 3.8) is 0 Å². The number of benzene rings is 1. The molecule has 0 amide bonds. The van der Waals surface area contributed by atoms with E-state index in [4.69, 9.17) is 4.74 Å². The molecule has 2 aliphatic heterocycles. The molecule has 0 bridgehead atoms. The van der Waals surface area contributed by atoms with Gasteiger partial charge in [-0.2, -0.15) is 4.72 Å². The van der Waals surface area contributed by atoms with E-state index in [0.717, 1.165) is 38.6 Å². The van der Waals surface area contributed by atoms with Gasteiger partial charge in [-0.1, -0.05) is 6.42 Å². The maximum Gasteiger partial charge on any atom is 0.314 e. The molecule has 1 unspecified atom stereocenters. The lowest BCUT2D eigenvalue weighted by atomic mass is 9.86. The number of carbonyl (C=O) groups is 1. The van der Waals surface area contributed by atoms with Gasteiger partial charge in [-0.25, -0.2) is 8.42 Å². The summed E-state index contributed by atoms with van der Waals surface area (Å²) in [5.74, 6) is 0.0128. The monoisotopic (exact) mass is 322 g/mol. The van der Waals surface area contributed by atoms with Gasteiger partial charge in [0.2, 0.25) is 10.0 Å². The van der Waals surface area contributed by atoms with E-state index in [1.165, 1.54) is 6.07 Å². The number of nitrogens with zero attached hydrogens (tertiary/aromatic N) is 1. The van der Waals surface area contributed by atoms with Crippen LogP contribution in [0.5, 0.6) is 5.75 Å². The zero-order valence-electron chi connectivity index (χ0n) is 12.1. The number of carbonyl (C=O) groups excluding carboxylic acids is 1. The molecule has 4 rings (SSSR count). The molecule has 2 heterocycles. The summed E-state index contributed by atoms with van der Waals surface area (Å²) >= 11 is 0. The Balaban J connectivity index is 1.66. The highest BCUT2D eigenvalue weighted by Crippen LogP contribution is 2.38. The summed E-state index contributed by atoms with van der Waals surface area (Å²) in [6.45, 7) is 0.835. The molecule has 1 aromatic rings. The molecule has 1 atom stereocenters. The van der Waals surface area contributed by atoms with Gasteiger partial charge in [0.15, 0.2) is 0 Å². The van der Waals surface area contributed by atoms with Crippen LogP contribution in [-0.4, -0.2) is 27.1 Å². The second-order valence-corrected chi connectivity index (χ2v) is 7.83. The lowest BCUT2D eigenvalue weighted by molar-refractivity contribution is -0.141. The molecule has 7 heteroatoms. The van der Waals surface area contributed by atoms with E-state index in [9.17, 15) is 13.2 Å². The van der Waals surface area contributed by atoms with E-state index in [2.05, 4.69) is 9.62 Å². The second kappa shape index (κ2) is 4.96. The largest absolute Gasteiger partial charge is 0.426 e. The van der Waals surface area contributed by atoms with E-state index in [1.54, 1.807) is 12.1 Å². The van der Waals surface area contributed by atoms with Crippen molar-refractivity contribution in [2.45, 2.75) is 43.2 Å². The van der Waals surface area contributed by atoms with E-state index < -0.39 is 10.0 Å². The minimum absolute atomic E-state index is 0.0336. The van der Waals surface area contributed by atoms with Crippen molar-refractivity contribution >= 4 is 21.7 Å². The third-order valence-corrected chi connectivity index (χ3v) is 6.22. The second-order valence-electron chi connectivity index (χ2n) is 6.15. The first-order chi connectivity index (χ1) is 10.5. The van der Waals surface area contributed by atoms with Gasteiger partial charge in [-0.05, 0) is 37.8 Å². The molecule has 3 aliphatic rings. The lowest BCUT2D eigenvalue weighted by Crippen LogP contribution is -2.48. The SMILES string of the molecule is O=C(Oc1ccc2c(c1)S(=O)(=O)NC1CCCN21)C1CCC1. The molecule has 118 valence electrons. The third kappa shape index (κ3) is 2.19. The Kier molecular flexibility index (Phi) is 3.16. The Labute approximate surface area is 129 Å². The number of sulfonamides is 1. The Morgan fingerprint density at radius 2 is 2.05 bits per heavy atom. The Morgan fingerprint density at radius 3 is 2.77 bits per heavy atom. The first-order valence-electron chi connectivity index (χ1n) is 7.69. The summed E-state index contributed by atoms with van der Waals surface area (Å²) in [5, 5.41) is 0. The first kappa shape index (κ1) is 14.0. The first-order valence-corrected chi connectivity index (χ1v) is 9.18. The molecule has 1 saturated heterocycles. The molecular formula is C15H18N2O4S. The van der Waals surface area contributed by atoms with Crippen molar-refractivity contribution in [2.75, 3.05) is 11.4 Å². The molecular weight excluding hydrogens is 304 g/mol. The molecule has 1 aliphatic carbocycles. The maximum atomic E-state index is 12.4. The van der Waals surface area contributed by atoms with E-state index in [0.29, 0.717) is 11.4 Å². The van der Waals surface area contributed by atoms with Crippen molar-refractivity contribution in [3.05, 3.63) is 18.2 Å². The average Bonchev–Trinajstić information content (AvgIpc) is 2.84. The van der Waals surface area contributed by atoms with Gasteiger partial charge in [0, 0.05) is 12.6 Å². The van der Waals surface area contributed by atoms with Crippen molar-refractivity contribution in [3.8, 4) is 5.75 Å². The Morgan fingerprint density at radius 1 is 1.23 bits per heavy atom. The smallest absolute Gasteiger partial charge is 0.314 e. The van der Waals surface area contributed by atoms with Crippen molar-refractivity contribution in [2.24, 2.45) is 5.92 Å². The normalized spacial score (nSPS) is 26.0. The van der Waals surface area contributed by atoms with Gasteiger partial charge >= 0.3 is 5.97 Å². The number of rotatable bonds is 2. The molecule has 1 aromatic carbocycles. The number of nitrogens with one attached hydrogen (secondary N) is 1. The summed E-state index contributed by atoms with van der Waals surface area (Å²) in [6.07, 6.45) is 4.40. The highest BCUT2D eigenvalue weighted by Gasteiger charge is 2.38. The van der Waals surface area contributed by atoms with Crippen LogP contribution in [0, 0.1) is 5.92 Å². The van der Waals surface area contributed by atoms with Crippen molar-refractivity contribution < 1.29 is 17.9 Å². The molecule has 22 heavy (non-hydrogen) atoms. The zero-order valence-corrected chi connectivity index (χ0v) is 12.9. The topological polar surface area (TPSA) is 75.7 Å². The summed E-state index contributed by atoms with van der Waals surface area (Å²) in [6, 6.07) is 4.89. The summed E-state index contributed by atoms with van der Waals surface area (Å²) in [4.78, 5) is 14.2. The fourth-order valence-electron chi connectivity index (χ4n) is 3.27. The highest BCUT2D eigenvalue weighted by molar-refractivity contribution is 7.89. The van der Waals surface area contributed by atoms with Crippen molar-refractivity contribution in [1.29, 1.82) is 0 Å². The number of fused-ring (bicyclic) bond motifs is 3. The molecule has 1 saturated carbocycles. The molecule has 2 fully saturated rings. The third-order valence-electron chi connectivity index (χ3n) is 4.73. The van der Waals surface area contributed by atoms with Crippen LogP contribution in [-0.2, 0) is 14.8 Å². The Hall–Kier alpha value is -1.60. The Bertz CT molecular complexity index is 727. The van der Waals surface area contributed by atoms with Crippen LogP contribution in [0.1, 0.15) is 32.1 Å². The molecule has 1 N–H and O–H groups in total. The van der Waals surface area contributed by atoms with Crippen LogP contribution >= 0.6 is 0 Å². The van der Waals surface area contributed by atoms with Gasteiger partial charge in [-0.15, -0.1) is 0 Å². The molecule has 0 spiro atoms. The number of esters is 1. The van der Waals surface area contributed by atoms with Crippen LogP contribution in [0.15, 0.2) is 23.1 Å². The van der Waals surface area contributed by atoms with Crippen LogP contribution < -0.4 is 14.4 Å². The quantitative estimate of drug-likeness (QED) is 0.661. The van der Waals surface area contributed by atoms with E-state index in [-0.39, 0.29) is 22.9 Å². The maximum absolute atomic E-state index is 12.4. The highest BCUT2D eigenvalue weighted by atomic mass is 32.2. The fourth-order valence-corrected chi connectivity index (χ4v) is 4.74. The van der Waals surface area contributed by atoms with Gasteiger partial charge in [-0.3, -0.25) is 4.79 Å². The van der Waals surface area contributed by atoms with Gasteiger partial charge in [0.25, 0.3) is 0 Å². The molecule has 6 nitrogen and oxygen atoms in total. The summed E-state index contributed by atoms with van der Waals surface area (Å²) in [7, 11) is -3.55. The van der Waals surface area contributed by atoms with Crippen LogP contribution in [0.2, 0.25) is 0 Å². The van der Waals surface area contributed by atoms with Crippen LogP contribution in [0.3, 0.4) is 0 Å². The molecule has 0 aromatic heterocycles.